The molecule has 3 rings (SSSR count). The van der Waals surface area contributed by atoms with Gasteiger partial charge in [0.25, 0.3) is 0 Å². The van der Waals surface area contributed by atoms with E-state index in [1.54, 1.807) is 0 Å². The maximum Gasteiger partial charge on any atom is 0.321 e. The minimum absolute atomic E-state index is 0. The summed E-state index contributed by atoms with van der Waals surface area (Å²) in [4.78, 5) is 14.3. The smallest absolute Gasteiger partial charge is 0.321 e. The minimum atomic E-state index is -0.153. The number of benzene rings is 1. The number of aliphatic hydroxyl groups excluding tert-OH is 1. The maximum atomic E-state index is 12.4. The molecule has 0 saturated carbocycles. The van der Waals surface area contributed by atoms with Crippen molar-refractivity contribution in [2.45, 2.75) is 13.8 Å². The Balaban J connectivity index is 0.00000176. The van der Waals surface area contributed by atoms with Crippen LogP contribution in [0.5, 0.6) is 0 Å². The number of fused-ring (bicyclic) bond motifs is 1. The van der Waals surface area contributed by atoms with E-state index >= 15 is 0 Å². The van der Waals surface area contributed by atoms with Crippen molar-refractivity contribution in [2.24, 2.45) is 11.3 Å². The van der Waals surface area contributed by atoms with E-state index in [1.807, 2.05) is 30.9 Å². The molecule has 0 spiro atoms. The number of aryl methyl sites for hydroxylation is 2. The second-order valence-corrected chi connectivity index (χ2v) is 6.54. The van der Waals surface area contributed by atoms with Gasteiger partial charge in [0, 0.05) is 37.3 Å². The van der Waals surface area contributed by atoms with Crippen molar-refractivity contribution in [1.29, 1.82) is 0 Å². The van der Waals surface area contributed by atoms with Crippen molar-refractivity contribution >= 4 is 24.1 Å². The average Bonchev–Trinajstić information content (AvgIpc) is 2.93. The molecule has 2 aliphatic rings. The van der Waals surface area contributed by atoms with Crippen molar-refractivity contribution in [1.82, 2.24) is 10.2 Å². The molecule has 22 heavy (non-hydrogen) atoms. The Labute approximate surface area is 137 Å². The number of halogens is 1. The Hall–Kier alpha value is -1.30. The zero-order valence-corrected chi connectivity index (χ0v) is 13.9. The van der Waals surface area contributed by atoms with Crippen LogP contribution >= 0.6 is 12.4 Å². The number of amides is 2. The van der Waals surface area contributed by atoms with Crippen LogP contribution in [0.2, 0.25) is 0 Å². The first-order chi connectivity index (χ1) is 10.0. The van der Waals surface area contributed by atoms with Crippen LogP contribution in [-0.4, -0.2) is 48.8 Å². The average molecular weight is 326 g/mol. The lowest BCUT2D eigenvalue weighted by molar-refractivity contribution is 0.127. The fourth-order valence-corrected chi connectivity index (χ4v) is 3.65. The van der Waals surface area contributed by atoms with Crippen molar-refractivity contribution in [2.75, 3.05) is 38.1 Å². The molecule has 2 heterocycles. The molecule has 2 unspecified atom stereocenters. The molecular formula is C16H24ClN3O2. The van der Waals surface area contributed by atoms with Gasteiger partial charge in [-0.2, -0.15) is 0 Å². The molecule has 2 fully saturated rings. The van der Waals surface area contributed by atoms with Crippen molar-refractivity contribution < 1.29 is 9.90 Å². The van der Waals surface area contributed by atoms with Gasteiger partial charge in [0.2, 0.25) is 0 Å². The van der Waals surface area contributed by atoms with Gasteiger partial charge in [-0.25, -0.2) is 4.79 Å². The van der Waals surface area contributed by atoms with Crippen molar-refractivity contribution in [3.8, 4) is 0 Å². The van der Waals surface area contributed by atoms with Gasteiger partial charge in [0.05, 0.1) is 6.61 Å². The second kappa shape index (κ2) is 6.44. The maximum absolute atomic E-state index is 12.4. The Morgan fingerprint density at radius 3 is 2.68 bits per heavy atom. The number of rotatable bonds is 2. The third kappa shape index (κ3) is 3.07. The topological polar surface area (TPSA) is 64.6 Å². The highest BCUT2D eigenvalue weighted by atomic mass is 35.5. The summed E-state index contributed by atoms with van der Waals surface area (Å²) in [6.45, 7) is 7.19. The number of hydrogen-bond donors (Lipinski definition) is 3. The quantitative estimate of drug-likeness (QED) is 0.776. The highest BCUT2D eigenvalue weighted by Gasteiger charge is 2.50. The number of anilines is 1. The molecule has 1 aromatic carbocycles. The second-order valence-electron chi connectivity index (χ2n) is 6.54. The van der Waals surface area contributed by atoms with Crippen LogP contribution in [0, 0.1) is 25.2 Å². The molecule has 0 bridgehead atoms. The predicted octanol–water partition coefficient (Wildman–Crippen LogP) is 1.77. The Kier molecular flexibility index (Phi) is 5.00. The summed E-state index contributed by atoms with van der Waals surface area (Å²) >= 11 is 0. The van der Waals surface area contributed by atoms with Crippen LogP contribution in [0.4, 0.5) is 10.5 Å². The van der Waals surface area contributed by atoms with Crippen LogP contribution in [0.15, 0.2) is 18.2 Å². The van der Waals surface area contributed by atoms with Crippen molar-refractivity contribution in [3.63, 3.8) is 0 Å². The first-order valence-corrected chi connectivity index (χ1v) is 7.48. The molecular weight excluding hydrogens is 302 g/mol. The monoisotopic (exact) mass is 325 g/mol. The summed E-state index contributed by atoms with van der Waals surface area (Å²) < 4.78 is 0. The predicted molar refractivity (Wildman–Crippen MR) is 89.6 cm³/mol. The normalized spacial score (nSPS) is 26.5. The van der Waals surface area contributed by atoms with E-state index < -0.39 is 0 Å². The molecule has 0 radical (unpaired) electrons. The molecule has 0 aliphatic carbocycles. The fourth-order valence-electron chi connectivity index (χ4n) is 3.65. The van der Waals surface area contributed by atoms with E-state index in [0.717, 1.165) is 29.9 Å². The molecule has 6 heteroatoms. The number of urea groups is 1. The summed E-state index contributed by atoms with van der Waals surface area (Å²) in [5, 5.41) is 16.0. The summed E-state index contributed by atoms with van der Waals surface area (Å²) in [7, 11) is 0. The van der Waals surface area contributed by atoms with Gasteiger partial charge in [-0.05, 0) is 43.0 Å². The van der Waals surface area contributed by atoms with E-state index in [0.29, 0.717) is 19.0 Å². The number of nitrogens with zero attached hydrogens (tertiary/aromatic N) is 1. The Morgan fingerprint density at radius 1 is 1.41 bits per heavy atom. The van der Waals surface area contributed by atoms with Gasteiger partial charge >= 0.3 is 6.03 Å². The highest BCUT2D eigenvalue weighted by molar-refractivity contribution is 5.89. The number of likely N-dealkylation sites (tertiary alicyclic amines) is 1. The van der Waals surface area contributed by atoms with Gasteiger partial charge < -0.3 is 20.6 Å². The molecule has 3 N–H and O–H groups in total. The van der Waals surface area contributed by atoms with Gasteiger partial charge in [-0.15, -0.1) is 12.4 Å². The molecule has 5 nitrogen and oxygen atoms in total. The SMILES string of the molecule is Cc1cc(C)cc(NC(=O)N2CC3CNCC3(CO)C2)c1.Cl. The van der Waals surface area contributed by atoms with Crippen LogP contribution in [-0.2, 0) is 0 Å². The molecule has 1 aromatic rings. The molecule has 122 valence electrons. The zero-order valence-electron chi connectivity index (χ0n) is 13.1. The number of carbonyl (C=O) groups excluding carboxylic acids is 1. The van der Waals surface area contributed by atoms with Crippen LogP contribution in [0.25, 0.3) is 0 Å². The lowest BCUT2D eigenvalue weighted by Gasteiger charge is -2.25. The van der Waals surface area contributed by atoms with Crippen LogP contribution in [0.3, 0.4) is 0 Å². The largest absolute Gasteiger partial charge is 0.396 e. The van der Waals surface area contributed by atoms with Gasteiger partial charge in [0.1, 0.15) is 0 Å². The van der Waals surface area contributed by atoms with E-state index in [4.69, 9.17) is 0 Å². The summed E-state index contributed by atoms with van der Waals surface area (Å²) in [5.74, 6) is 0.354. The zero-order chi connectivity index (χ0) is 15.0. The standard InChI is InChI=1S/C16H23N3O2.ClH/c1-11-3-12(2)5-14(4-11)18-15(21)19-7-13-6-17-8-16(13,9-19)10-20;/h3-5,13,17,20H,6-10H2,1-2H3,(H,18,21);1H. The number of aliphatic hydroxyl groups is 1. The van der Waals surface area contributed by atoms with Gasteiger partial charge in [-0.3, -0.25) is 0 Å². The highest BCUT2D eigenvalue weighted by Crippen LogP contribution is 2.38. The molecule has 0 aromatic heterocycles. The van der Waals surface area contributed by atoms with E-state index in [2.05, 4.69) is 16.7 Å². The first-order valence-electron chi connectivity index (χ1n) is 7.48. The lowest BCUT2D eigenvalue weighted by Crippen LogP contribution is -2.39. The lowest BCUT2D eigenvalue weighted by atomic mass is 9.82. The van der Waals surface area contributed by atoms with Gasteiger partial charge in [-0.1, -0.05) is 6.07 Å². The van der Waals surface area contributed by atoms with E-state index in [9.17, 15) is 9.90 Å². The van der Waals surface area contributed by atoms with E-state index in [1.165, 1.54) is 0 Å². The summed E-state index contributed by atoms with van der Waals surface area (Å²) in [6, 6.07) is 5.97. The molecule has 2 amide bonds. The molecule has 2 atom stereocenters. The van der Waals surface area contributed by atoms with E-state index in [-0.39, 0.29) is 30.5 Å². The third-order valence-corrected chi connectivity index (χ3v) is 4.76. The van der Waals surface area contributed by atoms with Crippen LogP contribution in [0.1, 0.15) is 11.1 Å². The summed E-state index contributed by atoms with van der Waals surface area (Å²) in [5.41, 5.74) is 2.96. The molecule has 2 saturated heterocycles. The first kappa shape index (κ1) is 17.1. The fraction of sp³-hybridized carbons (Fsp3) is 0.562. The van der Waals surface area contributed by atoms with Gasteiger partial charge in [0.15, 0.2) is 0 Å². The minimum Gasteiger partial charge on any atom is -0.396 e. The number of hydrogen-bond acceptors (Lipinski definition) is 3. The number of carbonyl (C=O) groups is 1. The van der Waals surface area contributed by atoms with Crippen molar-refractivity contribution in [3.05, 3.63) is 29.3 Å². The Morgan fingerprint density at radius 2 is 2.09 bits per heavy atom. The summed E-state index contributed by atoms with van der Waals surface area (Å²) in [6.07, 6.45) is 0. The number of nitrogens with one attached hydrogen (secondary N) is 2. The molecule has 2 aliphatic heterocycles. The Bertz CT molecular complexity index is 546. The third-order valence-electron chi connectivity index (χ3n) is 4.76. The van der Waals surface area contributed by atoms with Crippen LogP contribution < -0.4 is 10.6 Å².